The molecule has 0 aliphatic carbocycles. The number of carbonyl (C=O) groups is 1. The van der Waals surface area contributed by atoms with E-state index in [-0.39, 0.29) is 36.3 Å². The number of rotatable bonds is 14. The van der Waals surface area contributed by atoms with E-state index in [0.717, 1.165) is 23.4 Å². The number of benzene rings is 4. The first-order chi connectivity index (χ1) is 21.8. The zero-order valence-corrected chi connectivity index (χ0v) is 28.4. The maximum atomic E-state index is 13.7. The minimum absolute atomic E-state index is 0. The molecule has 0 heterocycles. The monoisotopic (exact) mass is 708 g/mol. The molecule has 4 aromatic carbocycles. The average molecular weight is 710 g/mol. The highest BCUT2D eigenvalue weighted by Gasteiger charge is 2.34. The molecule has 4 aromatic rings. The van der Waals surface area contributed by atoms with Crippen molar-refractivity contribution in [2.75, 3.05) is 33.0 Å². The van der Waals surface area contributed by atoms with Crippen molar-refractivity contribution in [3.63, 3.8) is 0 Å². The maximum absolute atomic E-state index is 13.7. The highest BCUT2D eigenvalue weighted by Crippen LogP contribution is 2.37. The number of hydrogen-bond acceptors (Lipinski definition) is 5. The summed E-state index contributed by atoms with van der Waals surface area (Å²) < 4.78 is 71.1. The smallest absolute Gasteiger partial charge is 0.417 e. The van der Waals surface area contributed by atoms with Crippen LogP contribution in [0.2, 0.25) is 5.02 Å². The van der Waals surface area contributed by atoms with E-state index in [0.29, 0.717) is 47.3 Å². The Morgan fingerprint density at radius 2 is 1.49 bits per heavy atom. The molecule has 0 saturated heterocycles. The van der Waals surface area contributed by atoms with E-state index < -0.39 is 27.7 Å². The summed E-state index contributed by atoms with van der Waals surface area (Å²) in [5.41, 5.74) is 2.29. The van der Waals surface area contributed by atoms with Crippen molar-refractivity contribution in [2.24, 2.45) is 0 Å². The Balaban J connectivity index is 0.00000600. The zero-order chi connectivity index (χ0) is 33.3. The molecule has 0 atom stereocenters. The van der Waals surface area contributed by atoms with Gasteiger partial charge in [0.2, 0.25) is 15.9 Å². The zero-order valence-electron chi connectivity index (χ0n) is 26.0. The van der Waals surface area contributed by atoms with Gasteiger partial charge in [0.05, 0.1) is 29.9 Å². The number of halogens is 5. The number of hydrogen-bond donors (Lipinski definition) is 0. The molecule has 252 valence electrons. The predicted molar refractivity (Wildman–Crippen MR) is 182 cm³/mol. The quantitative estimate of drug-likeness (QED) is 0.125. The lowest BCUT2D eigenvalue weighted by Gasteiger charge is -2.29. The highest BCUT2D eigenvalue weighted by molar-refractivity contribution is 7.88. The van der Waals surface area contributed by atoms with Gasteiger partial charge in [0.1, 0.15) is 5.75 Å². The normalized spacial score (nSPS) is 11.7. The Bertz CT molecular complexity index is 1670. The summed E-state index contributed by atoms with van der Waals surface area (Å²) in [6, 6.07) is 30.8. The van der Waals surface area contributed by atoms with Crippen molar-refractivity contribution in [3.05, 3.63) is 136 Å². The summed E-state index contributed by atoms with van der Waals surface area (Å²) in [6.45, 7) is 1.52. The third-order valence-corrected chi connectivity index (χ3v) is 9.26. The van der Waals surface area contributed by atoms with E-state index in [9.17, 15) is 26.4 Å². The lowest BCUT2D eigenvalue weighted by Crippen LogP contribution is -2.33. The Morgan fingerprint density at radius 3 is 2.06 bits per heavy atom. The molecular weight excluding hydrogens is 672 g/mol. The topological polar surface area (TPSA) is 66.9 Å². The first-order valence-corrected chi connectivity index (χ1v) is 16.9. The Kier molecular flexibility index (Phi) is 13.7. The first-order valence-electron chi connectivity index (χ1n) is 14.7. The summed E-state index contributed by atoms with van der Waals surface area (Å²) in [6.07, 6.45) is -3.15. The standard InChI is InChI=1S/C35H36ClF3N2O4S.ClH/c1-40(46(2,43)44)33(42)23-26-12-9-18-30(22-26)45-21-11-20-41(24-29-17-10-19-32(34(29)36)35(37,38)39)25-31(27-13-5-3-6-14-27)28-15-7-4-8-16-28;/h3-10,12-19,22,31H,11,20-21,23-25H2,1-2H3;1H. The van der Waals surface area contributed by atoms with Gasteiger partial charge in [-0.1, -0.05) is 96.5 Å². The van der Waals surface area contributed by atoms with Gasteiger partial charge in [-0.25, -0.2) is 12.7 Å². The van der Waals surface area contributed by atoms with E-state index in [1.807, 2.05) is 60.7 Å². The van der Waals surface area contributed by atoms with Gasteiger partial charge < -0.3 is 4.74 Å². The number of nitrogens with zero attached hydrogens (tertiary/aromatic N) is 2. The lowest BCUT2D eigenvalue weighted by atomic mass is 9.90. The van der Waals surface area contributed by atoms with Crippen LogP contribution >= 0.6 is 24.0 Å². The Morgan fingerprint density at radius 1 is 0.894 bits per heavy atom. The molecule has 0 aromatic heterocycles. The van der Waals surface area contributed by atoms with Crippen LogP contribution in [0.5, 0.6) is 5.75 Å². The van der Waals surface area contributed by atoms with Crippen molar-refractivity contribution in [3.8, 4) is 5.75 Å². The molecule has 4 rings (SSSR count). The highest BCUT2D eigenvalue weighted by atomic mass is 35.5. The molecule has 0 bridgehead atoms. The summed E-state index contributed by atoms with van der Waals surface area (Å²) >= 11 is 6.31. The van der Waals surface area contributed by atoms with E-state index in [1.54, 1.807) is 30.3 Å². The van der Waals surface area contributed by atoms with Crippen LogP contribution in [-0.2, 0) is 34.0 Å². The molecule has 0 aliphatic heterocycles. The van der Waals surface area contributed by atoms with Gasteiger partial charge in [0.25, 0.3) is 0 Å². The molecule has 0 aliphatic rings. The Labute approximate surface area is 285 Å². The van der Waals surface area contributed by atoms with E-state index in [4.69, 9.17) is 16.3 Å². The van der Waals surface area contributed by atoms with Gasteiger partial charge in [-0.3, -0.25) is 9.69 Å². The van der Waals surface area contributed by atoms with Gasteiger partial charge >= 0.3 is 6.18 Å². The van der Waals surface area contributed by atoms with E-state index >= 15 is 0 Å². The molecular formula is C35H37Cl2F3N2O4S. The summed E-state index contributed by atoms with van der Waals surface area (Å²) in [5.74, 6) is -0.0895. The summed E-state index contributed by atoms with van der Waals surface area (Å²) in [4.78, 5) is 14.5. The predicted octanol–water partition coefficient (Wildman–Crippen LogP) is 7.84. The van der Waals surface area contributed by atoms with E-state index in [2.05, 4.69) is 4.90 Å². The van der Waals surface area contributed by atoms with Crippen molar-refractivity contribution in [1.82, 2.24) is 9.21 Å². The molecule has 0 fully saturated rings. The van der Waals surface area contributed by atoms with Crippen molar-refractivity contribution >= 4 is 39.9 Å². The summed E-state index contributed by atoms with van der Waals surface area (Å²) in [7, 11) is -2.43. The van der Waals surface area contributed by atoms with Crippen LogP contribution in [0.3, 0.4) is 0 Å². The molecule has 0 radical (unpaired) electrons. The van der Waals surface area contributed by atoms with Crippen molar-refractivity contribution < 1.29 is 31.1 Å². The second-order valence-corrected chi connectivity index (χ2v) is 13.4. The van der Waals surface area contributed by atoms with Crippen LogP contribution < -0.4 is 4.74 Å². The molecule has 0 N–H and O–H groups in total. The Hall–Kier alpha value is -3.57. The molecule has 0 spiro atoms. The summed E-state index contributed by atoms with van der Waals surface area (Å²) in [5, 5.41) is -0.305. The van der Waals surface area contributed by atoms with Crippen LogP contribution in [0.1, 0.15) is 40.2 Å². The number of amides is 1. The van der Waals surface area contributed by atoms with E-state index in [1.165, 1.54) is 13.1 Å². The minimum atomic E-state index is -4.57. The van der Waals surface area contributed by atoms with Gasteiger partial charge in [-0.05, 0) is 46.9 Å². The molecule has 0 unspecified atom stereocenters. The maximum Gasteiger partial charge on any atom is 0.417 e. The van der Waals surface area contributed by atoms with Crippen LogP contribution in [-0.4, -0.2) is 56.5 Å². The fourth-order valence-corrected chi connectivity index (χ4v) is 5.85. The van der Waals surface area contributed by atoms with Crippen molar-refractivity contribution in [1.29, 1.82) is 0 Å². The van der Waals surface area contributed by atoms with Crippen LogP contribution in [0.25, 0.3) is 0 Å². The number of alkyl halides is 3. The van der Waals surface area contributed by atoms with Gasteiger partial charge in [0, 0.05) is 32.6 Å². The number of likely N-dealkylation sites (N-methyl/N-ethyl adjacent to an activating group) is 1. The molecule has 6 nitrogen and oxygen atoms in total. The van der Waals surface area contributed by atoms with Crippen LogP contribution in [0, 0.1) is 0 Å². The third kappa shape index (κ3) is 11.0. The minimum Gasteiger partial charge on any atom is -0.494 e. The van der Waals surface area contributed by atoms with Gasteiger partial charge in [0.15, 0.2) is 0 Å². The number of carbonyl (C=O) groups excluding carboxylic acids is 1. The molecule has 1 amide bonds. The van der Waals surface area contributed by atoms with Crippen molar-refractivity contribution in [2.45, 2.75) is 31.5 Å². The van der Waals surface area contributed by atoms with Gasteiger partial charge in [-0.15, -0.1) is 12.4 Å². The second-order valence-electron chi connectivity index (χ2n) is 11.0. The molecule has 47 heavy (non-hydrogen) atoms. The number of ether oxygens (including phenoxy) is 1. The largest absolute Gasteiger partial charge is 0.494 e. The SMILES string of the molecule is CN(C(=O)Cc1cccc(OCCCN(Cc2cccc(C(F)(F)F)c2Cl)CC(c2ccccc2)c2ccccc2)c1)S(C)(=O)=O.Cl. The van der Waals surface area contributed by atoms with Crippen LogP contribution in [0.15, 0.2) is 103 Å². The van der Waals surface area contributed by atoms with Gasteiger partial charge in [-0.2, -0.15) is 13.2 Å². The lowest BCUT2D eigenvalue weighted by molar-refractivity contribution is -0.137. The first kappa shape index (κ1) is 37.9. The number of sulfonamides is 1. The fraction of sp³-hybridized carbons (Fsp3) is 0.286. The average Bonchev–Trinajstić information content (AvgIpc) is 3.02. The molecule has 0 saturated carbocycles. The fourth-order valence-electron chi connectivity index (χ4n) is 5.12. The molecule has 12 heteroatoms. The van der Waals surface area contributed by atoms with Crippen LogP contribution in [0.4, 0.5) is 13.2 Å². The third-order valence-electron chi connectivity index (χ3n) is 7.61. The second kappa shape index (κ2) is 17.0.